The number of allylic oxidation sites excluding steroid dienone is 5. The molecular weight excluding hydrogens is 542 g/mol. The standard InChI is InChI=1S/C32H47NO9/c1-18-12-8-7-9-13-19(2)28(40-5)24(29(41-6)25(34)20(3)16-18)23-17-21(4)26(35)30(42-23)27(36)31(37)33-15-11-10-14-22(33)32(38)39/h7-9,12-13,18,20-24,26,28-30,35H,10-11,14-17H2,1-6H3,(H,38,39)/b9-7+,12-8-,19-13+/t18-,20+,21?,22?,23+,24?,26-,28+,29?,30-/m1/s1. The van der Waals surface area contributed by atoms with Crippen molar-refractivity contribution in [2.24, 2.45) is 23.7 Å². The molecule has 1 amide bonds. The molecule has 10 atom stereocenters. The summed E-state index contributed by atoms with van der Waals surface area (Å²) in [6, 6.07) is -1.10. The molecule has 2 fully saturated rings. The van der Waals surface area contributed by atoms with Crippen LogP contribution in [0.15, 0.2) is 36.0 Å². The number of aliphatic hydroxyl groups is 1. The van der Waals surface area contributed by atoms with Gasteiger partial charge in [0.25, 0.3) is 11.7 Å². The van der Waals surface area contributed by atoms with Crippen LogP contribution in [0.1, 0.15) is 59.8 Å². The SMILES string of the molecule is COC1C(=O)[C@@H](C)C[C@H](C)\C=C/C=C/C=C(\C)[C@H](OC)C1[C@@H]1CC(C)[C@@H](O)[C@H](C(=O)C(=O)N2CCCCC2C(=O)O)O1. The Bertz CT molecular complexity index is 1080. The smallest absolute Gasteiger partial charge is 0.326 e. The average Bonchev–Trinajstić information content (AvgIpc) is 2.97. The van der Waals surface area contributed by atoms with Crippen LogP contribution >= 0.6 is 0 Å². The van der Waals surface area contributed by atoms with Crippen LogP contribution in [-0.4, -0.2) is 95.9 Å². The molecule has 3 rings (SSSR count). The predicted molar refractivity (Wildman–Crippen MR) is 156 cm³/mol. The highest BCUT2D eigenvalue weighted by molar-refractivity contribution is 6.38. The highest BCUT2D eigenvalue weighted by atomic mass is 16.5. The first kappa shape index (κ1) is 33.8. The van der Waals surface area contributed by atoms with Crippen molar-refractivity contribution in [1.82, 2.24) is 4.90 Å². The molecular formula is C32H47NO9. The van der Waals surface area contributed by atoms with Gasteiger partial charge in [-0.3, -0.25) is 14.4 Å². The van der Waals surface area contributed by atoms with Gasteiger partial charge in [-0.1, -0.05) is 51.2 Å². The number of ether oxygens (including phenoxy) is 3. The molecule has 0 spiro atoms. The third-order valence-corrected chi connectivity index (χ3v) is 8.93. The molecule has 42 heavy (non-hydrogen) atoms. The van der Waals surface area contributed by atoms with Gasteiger partial charge in [-0.15, -0.1) is 0 Å². The first-order valence-corrected chi connectivity index (χ1v) is 14.9. The summed E-state index contributed by atoms with van der Waals surface area (Å²) in [5.41, 5.74) is 0.806. The minimum absolute atomic E-state index is 0.122. The summed E-state index contributed by atoms with van der Waals surface area (Å²) < 4.78 is 18.1. The van der Waals surface area contributed by atoms with Crippen LogP contribution in [0.2, 0.25) is 0 Å². The molecule has 2 heterocycles. The van der Waals surface area contributed by atoms with Gasteiger partial charge >= 0.3 is 5.97 Å². The highest BCUT2D eigenvalue weighted by Crippen LogP contribution is 2.37. The van der Waals surface area contributed by atoms with Crippen LogP contribution in [0, 0.1) is 23.7 Å². The van der Waals surface area contributed by atoms with Gasteiger partial charge in [0, 0.05) is 32.6 Å². The second-order valence-corrected chi connectivity index (χ2v) is 12.1. The molecule has 0 aromatic rings. The van der Waals surface area contributed by atoms with E-state index in [1.807, 2.05) is 51.2 Å². The Morgan fingerprint density at radius 1 is 1.00 bits per heavy atom. The molecule has 234 valence electrons. The number of hydrogen-bond acceptors (Lipinski definition) is 8. The van der Waals surface area contributed by atoms with E-state index in [0.717, 1.165) is 10.5 Å². The Labute approximate surface area is 248 Å². The van der Waals surface area contributed by atoms with Crippen LogP contribution in [0.4, 0.5) is 0 Å². The molecule has 10 heteroatoms. The van der Waals surface area contributed by atoms with E-state index < -0.39 is 66.1 Å². The van der Waals surface area contributed by atoms with Crippen molar-refractivity contribution < 1.29 is 43.6 Å². The number of likely N-dealkylation sites (tertiary alicyclic amines) is 1. The zero-order valence-electron chi connectivity index (χ0n) is 25.6. The molecule has 4 unspecified atom stereocenters. The molecule has 2 aliphatic heterocycles. The van der Waals surface area contributed by atoms with Gasteiger partial charge < -0.3 is 29.3 Å². The molecule has 1 aliphatic carbocycles. The fourth-order valence-electron chi connectivity index (χ4n) is 6.60. The largest absolute Gasteiger partial charge is 0.480 e. The number of amides is 1. The third-order valence-electron chi connectivity index (χ3n) is 8.93. The van der Waals surface area contributed by atoms with Crippen molar-refractivity contribution in [3.8, 4) is 0 Å². The summed E-state index contributed by atoms with van der Waals surface area (Å²) in [5.74, 6) is -4.64. The lowest BCUT2D eigenvalue weighted by atomic mass is 9.75. The predicted octanol–water partition coefficient (Wildman–Crippen LogP) is 3.13. The van der Waals surface area contributed by atoms with Crippen molar-refractivity contribution >= 4 is 23.4 Å². The van der Waals surface area contributed by atoms with E-state index in [1.165, 1.54) is 14.2 Å². The summed E-state index contributed by atoms with van der Waals surface area (Å²) in [5, 5.41) is 20.7. The molecule has 10 nitrogen and oxygen atoms in total. The summed E-state index contributed by atoms with van der Waals surface area (Å²) in [6.45, 7) is 7.70. The number of hydrogen-bond donors (Lipinski definition) is 2. The summed E-state index contributed by atoms with van der Waals surface area (Å²) in [6.07, 6.45) is 6.87. The number of Topliss-reactive ketones (excluding diaryl/α,β-unsaturated/α-hetero) is 2. The number of carboxylic acid groups (broad SMARTS) is 1. The molecule has 3 aliphatic rings. The number of carbonyl (C=O) groups excluding carboxylic acids is 3. The Hall–Kier alpha value is -2.66. The second-order valence-electron chi connectivity index (χ2n) is 12.1. The van der Waals surface area contributed by atoms with Crippen LogP contribution in [0.3, 0.4) is 0 Å². The Morgan fingerprint density at radius 3 is 2.33 bits per heavy atom. The molecule has 2 saturated heterocycles. The third kappa shape index (κ3) is 7.64. The lowest BCUT2D eigenvalue weighted by Gasteiger charge is -2.45. The van der Waals surface area contributed by atoms with E-state index in [2.05, 4.69) is 0 Å². The van der Waals surface area contributed by atoms with E-state index in [-0.39, 0.29) is 37.0 Å². The van der Waals surface area contributed by atoms with E-state index in [9.17, 15) is 29.4 Å². The maximum Gasteiger partial charge on any atom is 0.326 e. The van der Waals surface area contributed by atoms with E-state index in [1.54, 1.807) is 6.92 Å². The minimum atomic E-state index is -1.52. The summed E-state index contributed by atoms with van der Waals surface area (Å²) in [7, 11) is 3.00. The second kappa shape index (κ2) is 15.2. The lowest BCUT2D eigenvalue weighted by molar-refractivity contribution is -0.195. The van der Waals surface area contributed by atoms with Crippen molar-refractivity contribution in [1.29, 1.82) is 0 Å². The van der Waals surface area contributed by atoms with Gasteiger partial charge in [0.2, 0.25) is 0 Å². The van der Waals surface area contributed by atoms with Gasteiger partial charge in [0.05, 0.1) is 18.3 Å². The van der Waals surface area contributed by atoms with E-state index in [0.29, 0.717) is 19.3 Å². The van der Waals surface area contributed by atoms with Gasteiger partial charge in [-0.25, -0.2) is 4.79 Å². The molecule has 0 radical (unpaired) electrons. The van der Waals surface area contributed by atoms with Gasteiger partial charge in [-0.2, -0.15) is 0 Å². The van der Waals surface area contributed by atoms with Gasteiger partial charge in [-0.05, 0) is 56.4 Å². The van der Waals surface area contributed by atoms with E-state index in [4.69, 9.17) is 14.2 Å². The maximum atomic E-state index is 13.9. The van der Waals surface area contributed by atoms with Crippen molar-refractivity contribution in [2.45, 2.75) is 96.4 Å². The van der Waals surface area contributed by atoms with Crippen LogP contribution < -0.4 is 0 Å². The highest BCUT2D eigenvalue weighted by Gasteiger charge is 2.51. The summed E-state index contributed by atoms with van der Waals surface area (Å²) in [4.78, 5) is 53.7. The molecule has 0 saturated carbocycles. The molecule has 0 aromatic heterocycles. The number of methoxy groups -OCH3 is 2. The molecule has 2 N–H and O–H groups in total. The lowest BCUT2D eigenvalue weighted by Crippen LogP contribution is -2.59. The number of carboxylic acids is 1. The zero-order valence-corrected chi connectivity index (χ0v) is 25.6. The van der Waals surface area contributed by atoms with Gasteiger partial charge in [0.1, 0.15) is 12.1 Å². The van der Waals surface area contributed by atoms with Crippen molar-refractivity contribution in [2.75, 3.05) is 20.8 Å². The Balaban J connectivity index is 2.01. The Kier molecular flexibility index (Phi) is 12.2. The van der Waals surface area contributed by atoms with Crippen LogP contribution in [0.5, 0.6) is 0 Å². The van der Waals surface area contributed by atoms with Crippen molar-refractivity contribution in [3.63, 3.8) is 0 Å². The van der Waals surface area contributed by atoms with Crippen LogP contribution in [-0.2, 0) is 33.4 Å². The fourth-order valence-corrected chi connectivity index (χ4v) is 6.60. The maximum absolute atomic E-state index is 13.9. The van der Waals surface area contributed by atoms with Gasteiger partial charge in [0.15, 0.2) is 11.9 Å². The molecule has 0 bridgehead atoms. The monoisotopic (exact) mass is 589 g/mol. The number of ketones is 2. The first-order valence-electron chi connectivity index (χ1n) is 14.9. The summed E-state index contributed by atoms with van der Waals surface area (Å²) >= 11 is 0. The number of nitrogens with zero attached hydrogens (tertiary/aromatic N) is 1. The molecule has 0 aromatic carbocycles. The number of aliphatic carboxylic acids is 1. The quantitative estimate of drug-likeness (QED) is 0.447. The number of piperidine rings is 1. The number of aliphatic hydroxyl groups excluding tert-OH is 1. The fraction of sp³-hybridized carbons (Fsp3) is 0.688. The average molecular weight is 590 g/mol. The Morgan fingerprint density at radius 2 is 1.69 bits per heavy atom. The van der Waals surface area contributed by atoms with Crippen molar-refractivity contribution in [3.05, 3.63) is 36.0 Å². The topological polar surface area (TPSA) is 140 Å². The number of carbonyl (C=O) groups is 4. The normalized spacial score (nSPS) is 39.5. The zero-order chi connectivity index (χ0) is 31.1. The number of rotatable bonds is 6. The van der Waals surface area contributed by atoms with E-state index >= 15 is 0 Å². The minimum Gasteiger partial charge on any atom is -0.480 e. The first-order chi connectivity index (χ1) is 19.9. The van der Waals surface area contributed by atoms with Crippen LogP contribution in [0.25, 0.3) is 0 Å².